The Labute approximate surface area is 152 Å². The quantitative estimate of drug-likeness (QED) is 0.565. The van der Waals surface area contributed by atoms with Crippen molar-refractivity contribution in [1.82, 2.24) is 5.01 Å². The standard InChI is InChI=1S/C16H17Cl.C5H14N2/c1-12-5-3-4-6-14(12)7-8-15-9-10-16(17)11-13(15)2;1-3-4-5-7(2)6/h3-6,9-11H,7-8H2,1-2H3;3-6H2,1-2H3. The molecule has 24 heavy (non-hydrogen) atoms. The molecule has 3 heteroatoms. The number of unbranched alkanes of at least 4 members (excludes halogenated alkanes) is 1. The molecule has 0 aliphatic carbocycles. The van der Waals surface area contributed by atoms with Crippen LogP contribution in [0.2, 0.25) is 5.02 Å². The summed E-state index contributed by atoms with van der Waals surface area (Å²) in [6, 6.07) is 14.7. The molecule has 0 unspecified atom stereocenters. The van der Waals surface area contributed by atoms with Crippen molar-refractivity contribution in [3.8, 4) is 0 Å². The molecular weight excluding hydrogens is 316 g/mol. The van der Waals surface area contributed by atoms with Crippen LogP contribution in [0.4, 0.5) is 0 Å². The number of nitrogens with two attached hydrogens (primary N) is 1. The molecule has 2 rings (SSSR count). The number of hydrogen-bond donors (Lipinski definition) is 1. The van der Waals surface area contributed by atoms with Crippen LogP contribution >= 0.6 is 11.6 Å². The summed E-state index contributed by atoms with van der Waals surface area (Å²) in [5, 5.41) is 2.53. The maximum atomic E-state index is 5.96. The molecule has 0 atom stereocenters. The lowest BCUT2D eigenvalue weighted by Crippen LogP contribution is -2.26. The van der Waals surface area contributed by atoms with Crippen LogP contribution in [0.25, 0.3) is 0 Å². The molecule has 0 fully saturated rings. The number of halogens is 1. The van der Waals surface area contributed by atoms with Crippen LogP contribution < -0.4 is 5.84 Å². The normalized spacial score (nSPS) is 10.5. The minimum atomic E-state index is 0.821. The lowest BCUT2D eigenvalue weighted by atomic mass is 9.98. The van der Waals surface area contributed by atoms with E-state index in [2.05, 4.69) is 51.1 Å². The molecule has 0 aliphatic rings. The molecule has 132 valence electrons. The van der Waals surface area contributed by atoms with Gasteiger partial charge in [-0.05, 0) is 67.5 Å². The molecule has 0 aliphatic heterocycles. The van der Waals surface area contributed by atoms with E-state index in [0.29, 0.717) is 0 Å². The Morgan fingerprint density at radius 1 is 0.958 bits per heavy atom. The van der Waals surface area contributed by atoms with E-state index in [9.17, 15) is 0 Å². The van der Waals surface area contributed by atoms with Crippen molar-refractivity contribution in [3.63, 3.8) is 0 Å². The highest BCUT2D eigenvalue weighted by Gasteiger charge is 2.02. The van der Waals surface area contributed by atoms with E-state index in [4.69, 9.17) is 17.4 Å². The summed E-state index contributed by atoms with van der Waals surface area (Å²) in [4.78, 5) is 0. The lowest BCUT2D eigenvalue weighted by molar-refractivity contribution is 0.342. The molecule has 0 aromatic heterocycles. The third kappa shape index (κ3) is 7.96. The number of aryl methyl sites for hydroxylation is 4. The fraction of sp³-hybridized carbons (Fsp3) is 0.429. The number of nitrogens with zero attached hydrogens (tertiary/aromatic N) is 1. The average Bonchev–Trinajstić information content (AvgIpc) is 2.54. The molecule has 0 bridgehead atoms. The molecule has 2 aromatic carbocycles. The van der Waals surface area contributed by atoms with Gasteiger partial charge in [0.15, 0.2) is 0 Å². The van der Waals surface area contributed by atoms with Gasteiger partial charge in [-0.25, -0.2) is 0 Å². The van der Waals surface area contributed by atoms with Crippen molar-refractivity contribution >= 4 is 11.6 Å². The van der Waals surface area contributed by atoms with Gasteiger partial charge in [0.1, 0.15) is 0 Å². The van der Waals surface area contributed by atoms with Crippen LogP contribution in [0.5, 0.6) is 0 Å². The molecular formula is C21H31ClN2. The minimum Gasteiger partial charge on any atom is -0.269 e. The largest absolute Gasteiger partial charge is 0.269 e. The molecule has 0 heterocycles. The van der Waals surface area contributed by atoms with E-state index in [-0.39, 0.29) is 0 Å². The summed E-state index contributed by atoms with van der Waals surface area (Å²) in [6.45, 7) is 7.46. The Balaban J connectivity index is 0.000000351. The van der Waals surface area contributed by atoms with Crippen LogP contribution in [0.15, 0.2) is 42.5 Å². The van der Waals surface area contributed by atoms with Crippen molar-refractivity contribution in [2.45, 2.75) is 46.5 Å². The first kappa shape index (κ1) is 20.7. The molecule has 0 radical (unpaired) electrons. The smallest absolute Gasteiger partial charge is 0.0408 e. The second-order valence-electron chi connectivity index (χ2n) is 6.33. The van der Waals surface area contributed by atoms with Gasteiger partial charge in [-0.15, -0.1) is 0 Å². The van der Waals surface area contributed by atoms with E-state index < -0.39 is 0 Å². The number of benzene rings is 2. The Morgan fingerprint density at radius 2 is 1.58 bits per heavy atom. The molecule has 0 spiro atoms. The number of hydrogen-bond acceptors (Lipinski definition) is 2. The Bertz CT molecular complexity index is 609. The summed E-state index contributed by atoms with van der Waals surface area (Å²) in [5.74, 6) is 5.31. The van der Waals surface area contributed by atoms with Gasteiger partial charge in [0.2, 0.25) is 0 Å². The minimum absolute atomic E-state index is 0.821. The van der Waals surface area contributed by atoms with Gasteiger partial charge in [-0.2, -0.15) is 0 Å². The highest BCUT2D eigenvalue weighted by Crippen LogP contribution is 2.18. The molecule has 2 aromatic rings. The van der Waals surface area contributed by atoms with Crippen LogP contribution in [0.3, 0.4) is 0 Å². The van der Waals surface area contributed by atoms with Crippen LogP contribution in [0, 0.1) is 13.8 Å². The number of hydrazine groups is 1. The van der Waals surface area contributed by atoms with Gasteiger partial charge >= 0.3 is 0 Å². The SMILES string of the molecule is CCCCN(C)N.Cc1ccccc1CCc1ccc(Cl)cc1C. The second kappa shape index (κ2) is 11.2. The first-order valence-corrected chi connectivity index (χ1v) is 9.07. The molecule has 2 nitrogen and oxygen atoms in total. The first-order chi connectivity index (χ1) is 11.4. The van der Waals surface area contributed by atoms with E-state index in [1.807, 2.05) is 19.2 Å². The van der Waals surface area contributed by atoms with E-state index in [1.54, 1.807) is 5.01 Å². The van der Waals surface area contributed by atoms with Crippen molar-refractivity contribution in [2.24, 2.45) is 5.84 Å². The highest BCUT2D eigenvalue weighted by molar-refractivity contribution is 6.30. The molecule has 2 N–H and O–H groups in total. The molecule has 0 amide bonds. The number of rotatable bonds is 6. The maximum Gasteiger partial charge on any atom is 0.0408 e. The fourth-order valence-electron chi connectivity index (χ4n) is 2.51. The van der Waals surface area contributed by atoms with Gasteiger partial charge in [0.05, 0.1) is 0 Å². The summed E-state index contributed by atoms with van der Waals surface area (Å²) >= 11 is 5.96. The Morgan fingerprint density at radius 3 is 2.08 bits per heavy atom. The van der Waals surface area contributed by atoms with Gasteiger partial charge in [-0.1, -0.05) is 55.3 Å². The van der Waals surface area contributed by atoms with Crippen molar-refractivity contribution in [1.29, 1.82) is 0 Å². The fourth-order valence-corrected chi connectivity index (χ4v) is 2.73. The second-order valence-corrected chi connectivity index (χ2v) is 6.77. The van der Waals surface area contributed by atoms with Gasteiger partial charge in [-0.3, -0.25) is 10.9 Å². The Kier molecular flexibility index (Phi) is 9.70. The predicted molar refractivity (Wildman–Crippen MR) is 107 cm³/mol. The monoisotopic (exact) mass is 346 g/mol. The summed E-state index contributed by atoms with van der Waals surface area (Å²) in [6.07, 6.45) is 4.59. The maximum absolute atomic E-state index is 5.96. The zero-order valence-electron chi connectivity index (χ0n) is 15.5. The third-order valence-corrected chi connectivity index (χ3v) is 4.33. The molecule has 0 saturated carbocycles. The van der Waals surface area contributed by atoms with Gasteiger partial charge < -0.3 is 0 Å². The third-order valence-electron chi connectivity index (χ3n) is 4.09. The summed E-state index contributed by atoms with van der Waals surface area (Å²) < 4.78 is 0. The van der Waals surface area contributed by atoms with E-state index in [1.165, 1.54) is 35.1 Å². The highest BCUT2D eigenvalue weighted by atomic mass is 35.5. The summed E-state index contributed by atoms with van der Waals surface area (Å²) in [7, 11) is 1.88. The Hall–Kier alpha value is -1.35. The lowest BCUT2D eigenvalue weighted by Gasteiger charge is -2.08. The zero-order chi connectivity index (χ0) is 17.9. The predicted octanol–water partition coefficient (Wildman–Crippen LogP) is 5.33. The van der Waals surface area contributed by atoms with Gasteiger partial charge in [0.25, 0.3) is 0 Å². The first-order valence-electron chi connectivity index (χ1n) is 8.69. The zero-order valence-corrected chi connectivity index (χ0v) is 16.2. The van der Waals surface area contributed by atoms with Gasteiger partial charge in [0, 0.05) is 18.6 Å². The van der Waals surface area contributed by atoms with E-state index >= 15 is 0 Å². The summed E-state index contributed by atoms with van der Waals surface area (Å²) in [5.41, 5.74) is 5.48. The van der Waals surface area contributed by atoms with Crippen LogP contribution in [-0.2, 0) is 12.8 Å². The van der Waals surface area contributed by atoms with Crippen molar-refractivity contribution in [2.75, 3.05) is 13.6 Å². The average molecular weight is 347 g/mol. The van der Waals surface area contributed by atoms with Crippen molar-refractivity contribution in [3.05, 3.63) is 69.7 Å². The van der Waals surface area contributed by atoms with Crippen molar-refractivity contribution < 1.29 is 0 Å². The van der Waals surface area contributed by atoms with Crippen LogP contribution in [-0.4, -0.2) is 18.6 Å². The van der Waals surface area contributed by atoms with E-state index in [0.717, 1.165) is 24.4 Å². The topological polar surface area (TPSA) is 29.3 Å². The molecule has 0 saturated heterocycles. The van der Waals surface area contributed by atoms with Crippen LogP contribution in [0.1, 0.15) is 42.0 Å².